The van der Waals surface area contributed by atoms with Crippen LogP contribution in [0, 0.1) is 0 Å². The third-order valence-corrected chi connectivity index (χ3v) is 10.0. The molecule has 0 aromatic heterocycles. The third kappa shape index (κ3) is 34.6. The Morgan fingerprint density at radius 2 is 1.31 bits per heavy atom. The van der Waals surface area contributed by atoms with Crippen molar-refractivity contribution in [2.45, 2.75) is 176 Å². The number of hydrogen-bond acceptors (Lipinski definition) is 11. The predicted molar refractivity (Wildman–Crippen MR) is 236 cm³/mol. The minimum Gasteiger partial charge on any atom is -0.677 e. The molecule has 0 spiro atoms. The van der Waals surface area contributed by atoms with E-state index in [-0.39, 0.29) is 90.2 Å². The largest absolute Gasteiger partial charge is 0.677 e. The van der Waals surface area contributed by atoms with Gasteiger partial charge in [0.05, 0.1) is 18.8 Å². The summed E-state index contributed by atoms with van der Waals surface area (Å²) in [6.07, 6.45) is 9.40. The van der Waals surface area contributed by atoms with Crippen molar-refractivity contribution in [3.8, 4) is 0 Å². The number of nitrogens with zero attached hydrogens (tertiary/aromatic N) is 5. The van der Waals surface area contributed by atoms with Crippen LogP contribution in [0.4, 0.5) is 14.4 Å². The molecule has 354 valence electrons. The van der Waals surface area contributed by atoms with Gasteiger partial charge >= 0.3 is 18.2 Å². The molecule has 2 aliphatic rings. The molecule has 61 heavy (non-hydrogen) atoms. The first kappa shape index (κ1) is 64.9. The van der Waals surface area contributed by atoms with Gasteiger partial charge in [0.2, 0.25) is 6.41 Å². The number of urea groups is 2. The molecule has 0 aliphatic carbocycles. The summed E-state index contributed by atoms with van der Waals surface area (Å²) in [5.74, 6) is 0. The average Bonchev–Trinajstić information content (AvgIpc) is 4.09. The number of unbranched alkanes of at least 4 members (excludes halogenated alkanes) is 9. The summed E-state index contributed by atoms with van der Waals surface area (Å²) in [6.45, 7) is 27.0. The van der Waals surface area contributed by atoms with Gasteiger partial charge in [0, 0.05) is 142 Å². The van der Waals surface area contributed by atoms with Crippen molar-refractivity contribution in [1.82, 2.24) is 35.3 Å². The summed E-state index contributed by atoms with van der Waals surface area (Å²) >= 11 is 0. The number of alkyl carbamates (subject to hydrolysis) is 1. The van der Waals surface area contributed by atoms with E-state index in [0.717, 1.165) is 94.8 Å². The number of amides is 6. The van der Waals surface area contributed by atoms with Gasteiger partial charge in [-0.1, -0.05) is 58.8 Å². The summed E-state index contributed by atoms with van der Waals surface area (Å²) < 4.78 is 11.2. The van der Waals surface area contributed by atoms with E-state index in [0.29, 0.717) is 64.6 Å². The zero-order chi connectivity index (χ0) is 44.9. The Kier molecular flexibility index (Phi) is 40.2. The van der Waals surface area contributed by atoms with Crippen LogP contribution in [0.3, 0.4) is 0 Å². The molecule has 2 radical (unpaired) electrons. The average molecular weight is 1020 g/mol. The van der Waals surface area contributed by atoms with Crippen molar-refractivity contribution >= 4 is 24.6 Å². The van der Waals surface area contributed by atoms with Gasteiger partial charge in [0.25, 0.3) is 0 Å². The molecule has 6 amide bonds. The second-order valence-electron chi connectivity index (χ2n) is 17.3. The molecule has 2 saturated heterocycles. The van der Waals surface area contributed by atoms with Crippen molar-refractivity contribution < 1.29 is 104 Å². The third-order valence-electron chi connectivity index (χ3n) is 10.0. The van der Waals surface area contributed by atoms with Gasteiger partial charge in [-0.05, 0) is 87.5 Å². The number of aliphatic hydroxyl groups excluding tert-OH is 1. The van der Waals surface area contributed by atoms with Crippen molar-refractivity contribution in [1.29, 1.82) is 0 Å². The maximum atomic E-state index is 13.7. The molecule has 0 aromatic carbocycles. The molecule has 2 fully saturated rings. The monoisotopic (exact) mass is 1020 g/mol. The molecule has 18 heteroatoms. The SMILES string of the molecule is CC.CC(CN1CC1C)N(O)CCCCCCN(CCCCCC[NH-])C(=O)N(CCCCCCNC(=O)OC(C)(C)COC(C)(C)C)C(=O)NC=O.CC1CN1CCO.[Y].[Y]. The minimum absolute atomic E-state index is 0. The first-order valence-corrected chi connectivity index (χ1v) is 22.5. The van der Waals surface area contributed by atoms with Crippen molar-refractivity contribution in [3.05, 3.63) is 5.73 Å². The molecular weight excluding hydrogens is 934 g/mol. The van der Waals surface area contributed by atoms with Crippen LogP contribution in [0.15, 0.2) is 0 Å². The summed E-state index contributed by atoms with van der Waals surface area (Å²) in [4.78, 5) is 57.2. The minimum atomic E-state index is -0.765. The Hall–Kier alpha value is -0.392. The number of nitrogens with one attached hydrogen (secondary N) is 3. The Morgan fingerprint density at radius 1 is 0.820 bits per heavy atom. The van der Waals surface area contributed by atoms with Crippen LogP contribution in [-0.4, -0.2) is 168 Å². The van der Waals surface area contributed by atoms with E-state index in [2.05, 4.69) is 34.3 Å². The molecular formula is C43H87N8O8Y2-. The molecule has 0 saturated carbocycles. The summed E-state index contributed by atoms with van der Waals surface area (Å²) in [6, 6.07) is 0.294. The van der Waals surface area contributed by atoms with E-state index < -0.39 is 23.8 Å². The first-order chi connectivity index (χ1) is 27.9. The van der Waals surface area contributed by atoms with E-state index in [9.17, 15) is 24.4 Å². The van der Waals surface area contributed by atoms with Gasteiger partial charge in [-0.15, -0.1) is 0 Å². The molecule has 2 heterocycles. The summed E-state index contributed by atoms with van der Waals surface area (Å²) in [5, 5.41) is 25.1. The van der Waals surface area contributed by atoms with E-state index in [4.69, 9.17) is 20.3 Å². The fraction of sp³-hybridized carbons (Fsp3) is 0.907. The number of rotatable bonds is 29. The van der Waals surface area contributed by atoms with E-state index in [1.165, 1.54) is 11.6 Å². The van der Waals surface area contributed by atoms with Crippen molar-refractivity contribution in [2.75, 3.05) is 78.7 Å². The molecule has 5 unspecified atom stereocenters. The van der Waals surface area contributed by atoms with Gasteiger partial charge in [-0.3, -0.25) is 19.9 Å². The maximum Gasteiger partial charge on any atom is 0.407 e. The molecule has 2 aliphatic heterocycles. The number of hydrogen-bond donors (Lipinski definition) is 4. The Labute approximate surface area is 420 Å². The van der Waals surface area contributed by atoms with Gasteiger partial charge in [0.15, 0.2) is 0 Å². The fourth-order valence-corrected chi connectivity index (χ4v) is 6.18. The Balaban J connectivity index is -0.00000272. The zero-order valence-corrected chi connectivity index (χ0v) is 45.7. The summed E-state index contributed by atoms with van der Waals surface area (Å²) in [5.41, 5.74) is 6.28. The fourth-order valence-electron chi connectivity index (χ4n) is 6.18. The maximum absolute atomic E-state index is 13.7. The van der Waals surface area contributed by atoms with Crippen LogP contribution >= 0.6 is 0 Å². The van der Waals surface area contributed by atoms with Crippen LogP contribution in [0.25, 0.3) is 5.73 Å². The van der Waals surface area contributed by atoms with Crippen LogP contribution in [0.1, 0.15) is 146 Å². The van der Waals surface area contributed by atoms with Gasteiger partial charge < -0.3 is 35.7 Å². The molecule has 0 bridgehead atoms. The van der Waals surface area contributed by atoms with Gasteiger partial charge in [-0.25, -0.2) is 19.3 Å². The zero-order valence-electron chi connectivity index (χ0n) is 40.0. The number of aliphatic hydroxyl groups is 1. The number of carbonyl (C=O) groups is 4. The van der Waals surface area contributed by atoms with Crippen LogP contribution in [0.2, 0.25) is 0 Å². The Bertz CT molecular complexity index is 1140. The van der Waals surface area contributed by atoms with Crippen LogP contribution in [-0.2, 0) is 79.7 Å². The number of β-amino-alcohol motifs (C(OH)–C–C–N with tert-alkyl or cyclic N) is 1. The predicted octanol–water partition coefficient (Wildman–Crippen LogP) is 7.12. The van der Waals surface area contributed by atoms with E-state index >= 15 is 0 Å². The van der Waals surface area contributed by atoms with E-state index in [1.54, 1.807) is 18.7 Å². The standard InChI is InChI=1S/C36H70N7O7.C5H11NO.C2H6.2Y/c1-30-26-41(30)27-31(2)43(48)25-19-13-12-17-23-40(22-16-10-8-14-20-37)34(47)42(32(45)39-29-44)24-18-11-9-15-21-38-33(46)50-36(6,7)28-49-35(3,4)5;1-5-4-6(5)2-3-7;1-2;;/h29-31,37,48H,8-28H2,1-7H3,(H,38,46)(H,39,44,45);5,7H,2-4H2,1H3;1-2H3;;/q-1;;;;. The second kappa shape index (κ2) is 37.8. The molecule has 16 nitrogen and oxygen atoms in total. The number of imide groups is 2. The molecule has 0 aromatic rings. The van der Waals surface area contributed by atoms with E-state index in [1.807, 2.05) is 41.5 Å². The summed E-state index contributed by atoms with van der Waals surface area (Å²) in [7, 11) is 0. The smallest absolute Gasteiger partial charge is 0.407 e. The van der Waals surface area contributed by atoms with Crippen LogP contribution in [0.5, 0.6) is 0 Å². The van der Waals surface area contributed by atoms with Gasteiger partial charge in [-0.2, -0.15) is 11.6 Å². The number of ether oxygens (including phenoxy) is 2. The molecule has 5 N–H and O–H groups in total. The molecule has 2 rings (SSSR count). The number of carbonyl (C=O) groups excluding carboxylic acids is 4. The van der Waals surface area contributed by atoms with Crippen LogP contribution < -0.4 is 10.6 Å². The first-order valence-electron chi connectivity index (χ1n) is 22.5. The van der Waals surface area contributed by atoms with Gasteiger partial charge in [0.1, 0.15) is 5.60 Å². The number of hydroxylamine groups is 2. The molecule has 5 atom stereocenters. The Morgan fingerprint density at radius 3 is 1.77 bits per heavy atom. The quantitative estimate of drug-likeness (QED) is 0.0259. The topological polar surface area (TPSA) is 191 Å². The van der Waals surface area contributed by atoms with Crippen molar-refractivity contribution in [2.24, 2.45) is 0 Å². The normalized spacial score (nSPS) is 18.1. The van der Waals surface area contributed by atoms with Crippen molar-refractivity contribution in [3.63, 3.8) is 0 Å². The second-order valence-corrected chi connectivity index (χ2v) is 17.3.